The predicted octanol–water partition coefficient (Wildman–Crippen LogP) is 3.37. The number of hydrogen-bond donors (Lipinski definition) is 2. The number of nitrogens with two attached hydrogens (primary N) is 1. The smallest absolute Gasteiger partial charge is 0.324 e. The summed E-state index contributed by atoms with van der Waals surface area (Å²) in [5.41, 5.74) is 8.43. The first-order chi connectivity index (χ1) is 9.58. The molecule has 104 valence electrons. The zero-order valence-electron chi connectivity index (χ0n) is 11.7. The molecule has 0 aromatic heterocycles. The highest BCUT2D eigenvalue weighted by atomic mass is 16.2. The minimum Gasteiger partial charge on any atom is -0.324 e. The monoisotopic (exact) mass is 269 g/mol. The van der Waals surface area contributed by atoms with Crippen molar-refractivity contribution in [1.82, 2.24) is 0 Å². The van der Waals surface area contributed by atoms with Crippen molar-refractivity contribution in [2.24, 2.45) is 5.73 Å². The van der Waals surface area contributed by atoms with Crippen LogP contribution in [0, 0.1) is 0 Å². The highest BCUT2D eigenvalue weighted by Gasteiger charge is 2.10. The largest absolute Gasteiger partial charge is 0.326 e. The van der Waals surface area contributed by atoms with Gasteiger partial charge in [-0.15, -0.1) is 0 Å². The van der Waals surface area contributed by atoms with Gasteiger partial charge in [0.05, 0.1) is 0 Å². The second kappa shape index (κ2) is 6.21. The summed E-state index contributed by atoms with van der Waals surface area (Å²) in [6.07, 6.45) is 0. The zero-order valence-corrected chi connectivity index (χ0v) is 11.7. The summed E-state index contributed by atoms with van der Waals surface area (Å²) >= 11 is 0. The number of carbonyl (C=O) groups excluding carboxylic acids is 1. The van der Waals surface area contributed by atoms with Crippen LogP contribution in [-0.2, 0) is 0 Å². The van der Waals surface area contributed by atoms with Crippen molar-refractivity contribution in [2.75, 3.05) is 17.3 Å². The molecule has 1 unspecified atom stereocenters. The standard InChI is InChI=1S/C16H19N3O/c1-12(17)13-8-10-14(11-9-13)18-16(20)19(2)15-6-4-3-5-7-15/h3-12H,17H2,1-2H3,(H,18,20). The van der Waals surface area contributed by atoms with E-state index in [0.717, 1.165) is 16.9 Å². The number of anilines is 2. The molecule has 2 aromatic carbocycles. The molecule has 0 heterocycles. The number of hydrogen-bond acceptors (Lipinski definition) is 2. The van der Waals surface area contributed by atoms with Gasteiger partial charge in [0.25, 0.3) is 0 Å². The molecule has 3 N–H and O–H groups in total. The average Bonchev–Trinajstić information content (AvgIpc) is 2.48. The van der Waals surface area contributed by atoms with E-state index in [9.17, 15) is 4.79 Å². The van der Waals surface area contributed by atoms with E-state index >= 15 is 0 Å². The first-order valence-electron chi connectivity index (χ1n) is 6.53. The van der Waals surface area contributed by atoms with Crippen molar-refractivity contribution in [3.8, 4) is 0 Å². The number of rotatable bonds is 3. The number of nitrogens with zero attached hydrogens (tertiary/aromatic N) is 1. The molecule has 2 rings (SSSR count). The van der Waals surface area contributed by atoms with Crippen molar-refractivity contribution in [1.29, 1.82) is 0 Å². The number of nitrogens with one attached hydrogen (secondary N) is 1. The van der Waals surface area contributed by atoms with Crippen LogP contribution in [0.25, 0.3) is 0 Å². The maximum absolute atomic E-state index is 12.1. The summed E-state index contributed by atoms with van der Waals surface area (Å²) in [5, 5.41) is 2.85. The molecule has 0 aliphatic carbocycles. The fraction of sp³-hybridized carbons (Fsp3) is 0.188. The van der Waals surface area contributed by atoms with Gasteiger partial charge in [-0.2, -0.15) is 0 Å². The van der Waals surface area contributed by atoms with Crippen LogP contribution in [-0.4, -0.2) is 13.1 Å². The quantitative estimate of drug-likeness (QED) is 0.897. The second-order valence-corrected chi connectivity index (χ2v) is 4.74. The summed E-state index contributed by atoms with van der Waals surface area (Å²) in [6, 6.07) is 16.9. The molecule has 2 amide bonds. The lowest BCUT2D eigenvalue weighted by molar-refractivity contribution is 0.258. The topological polar surface area (TPSA) is 58.4 Å². The van der Waals surface area contributed by atoms with Crippen LogP contribution in [0.5, 0.6) is 0 Å². The summed E-state index contributed by atoms with van der Waals surface area (Å²) in [4.78, 5) is 13.7. The van der Waals surface area contributed by atoms with Gasteiger partial charge in [0.2, 0.25) is 0 Å². The summed E-state index contributed by atoms with van der Waals surface area (Å²) in [5.74, 6) is 0. The van der Waals surface area contributed by atoms with Crippen LogP contribution in [0.15, 0.2) is 54.6 Å². The number of carbonyl (C=O) groups is 1. The van der Waals surface area contributed by atoms with Gasteiger partial charge < -0.3 is 11.1 Å². The van der Waals surface area contributed by atoms with E-state index in [-0.39, 0.29) is 12.1 Å². The Kier molecular flexibility index (Phi) is 4.38. The predicted molar refractivity (Wildman–Crippen MR) is 82.9 cm³/mol. The number of para-hydroxylation sites is 1. The van der Waals surface area contributed by atoms with E-state index in [0.29, 0.717) is 0 Å². The number of amides is 2. The van der Waals surface area contributed by atoms with Gasteiger partial charge in [0, 0.05) is 24.5 Å². The van der Waals surface area contributed by atoms with Crippen LogP contribution in [0.4, 0.5) is 16.2 Å². The van der Waals surface area contributed by atoms with Gasteiger partial charge in [0.1, 0.15) is 0 Å². The third kappa shape index (κ3) is 3.36. The van der Waals surface area contributed by atoms with E-state index in [1.54, 1.807) is 11.9 Å². The maximum atomic E-state index is 12.1. The minimum absolute atomic E-state index is 0.00764. The molecule has 0 bridgehead atoms. The fourth-order valence-corrected chi connectivity index (χ4v) is 1.85. The van der Waals surface area contributed by atoms with Crippen molar-refractivity contribution in [2.45, 2.75) is 13.0 Å². The number of urea groups is 1. The van der Waals surface area contributed by atoms with Crippen molar-refractivity contribution >= 4 is 17.4 Å². The van der Waals surface area contributed by atoms with E-state index in [1.807, 2.05) is 61.5 Å². The Bertz CT molecular complexity index is 564. The molecule has 20 heavy (non-hydrogen) atoms. The Morgan fingerprint density at radius 3 is 2.25 bits per heavy atom. The normalized spacial score (nSPS) is 11.8. The lowest BCUT2D eigenvalue weighted by Crippen LogP contribution is -2.31. The Morgan fingerprint density at radius 1 is 1.10 bits per heavy atom. The lowest BCUT2D eigenvalue weighted by Gasteiger charge is -2.18. The van der Waals surface area contributed by atoms with Crippen molar-refractivity contribution in [3.05, 3.63) is 60.2 Å². The number of benzene rings is 2. The second-order valence-electron chi connectivity index (χ2n) is 4.74. The van der Waals surface area contributed by atoms with Crippen LogP contribution in [0.3, 0.4) is 0 Å². The maximum Gasteiger partial charge on any atom is 0.326 e. The first kappa shape index (κ1) is 14.1. The molecule has 1 atom stereocenters. The van der Waals surface area contributed by atoms with E-state index in [1.165, 1.54) is 0 Å². The molecule has 0 saturated carbocycles. The van der Waals surface area contributed by atoms with Crippen LogP contribution < -0.4 is 16.0 Å². The van der Waals surface area contributed by atoms with E-state index in [2.05, 4.69) is 5.32 Å². The van der Waals surface area contributed by atoms with Gasteiger partial charge in [-0.25, -0.2) is 4.79 Å². The Balaban J connectivity index is 2.04. The average molecular weight is 269 g/mol. The lowest BCUT2D eigenvalue weighted by atomic mass is 10.1. The molecule has 0 aliphatic rings. The Morgan fingerprint density at radius 2 is 1.70 bits per heavy atom. The highest BCUT2D eigenvalue weighted by Crippen LogP contribution is 2.16. The van der Waals surface area contributed by atoms with Gasteiger partial charge in [-0.05, 0) is 36.8 Å². The molecule has 4 heteroatoms. The minimum atomic E-state index is -0.176. The van der Waals surface area contributed by atoms with E-state index in [4.69, 9.17) is 5.73 Å². The van der Waals surface area contributed by atoms with Gasteiger partial charge >= 0.3 is 6.03 Å². The van der Waals surface area contributed by atoms with Crippen LogP contribution in [0.2, 0.25) is 0 Å². The summed E-state index contributed by atoms with van der Waals surface area (Å²) in [7, 11) is 1.74. The summed E-state index contributed by atoms with van der Waals surface area (Å²) in [6.45, 7) is 1.93. The molecule has 0 aliphatic heterocycles. The molecular weight excluding hydrogens is 250 g/mol. The van der Waals surface area contributed by atoms with Gasteiger partial charge in [0.15, 0.2) is 0 Å². The SMILES string of the molecule is CC(N)c1ccc(NC(=O)N(C)c2ccccc2)cc1. The Labute approximate surface area is 119 Å². The summed E-state index contributed by atoms with van der Waals surface area (Å²) < 4.78 is 0. The molecule has 0 radical (unpaired) electrons. The first-order valence-corrected chi connectivity index (χ1v) is 6.53. The third-order valence-corrected chi connectivity index (χ3v) is 3.14. The molecule has 0 spiro atoms. The zero-order chi connectivity index (χ0) is 14.5. The molecule has 4 nitrogen and oxygen atoms in total. The fourth-order valence-electron chi connectivity index (χ4n) is 1.85. The Hall–Kier alpha value is -2.33. The molecule has 2 aromatic rings. The van der Waals surface area contributed by atoms with Crippen molar-refractivity contribution < 1.29 is 4.79 Å². The van der Waals surface area contributed by atoms with Gasteiger partial charge in [-0.3, -0.25) is 4.90 Å². The van der Waals surface area contributed by atoms with Crippen molar-refractivity contribution in [3.63, 3.8) is 0 Å². The highest BCUT2D eigenvalue weighted by molar-refractivity contribution is 6.01. The third-order valence-electron chi connectivity index (χ3n) is 3.14. The van der Waals surface area contributed by atoms with E-state index < -0.39 is 0 Å². The molecule has 0 fully saturated rings. The van der Waals surface area contributed by atoms with Crippen LogP contribution >= 0.6 is 0 Å². The van der Waals surface area contributed by atoms with Gasteiger partial charge in [-0.1, -0.05) is 30.3 Å². The van der Waals surface area contributed by atoms with Crippen LogP contribution in [0.1, 0.15) is 18.5 Å². The molecule has 0 saturated heterocycles. The molecular formula is C16H19N3O.